The summed E-state index contributed by atoms with van der Waals surface area (Å²) < 4.78 is 12.6. The molecular weight excluding hydrogens is 350 g/mol. The van der Waals surface area contributed by atoms with Crippen molar-refractivity contribution in [1.82, 2.24) is 14.8 Å². The Morgan fingerprint density at radius 3 is 2.75 bits per heavy atom. The van der Waals surface area contributed by atoms with Crippen molar-refractivity contribution in [3.05, 3.63) is 35.1 Å². The number of rotatable bonds is 9. The molecule has 1 aromatic carbocycles. The van der Waals surface area contributed by atoms with Gasteiger partial charge in [-0.25, -0.2) is 0 Å². The molecule has 130 valence electrons. The van der Waals surface area contributed by atoms with Gasteiger partial charge in [-0.2, -0.15) is 0 Å². The van der Waals surface area contributed by atoms with E-state index in [1.807, 2.05) is 7.05 Å². The first-order chi connectivity index (χ1) is 11.6. The molecular formula is C16H20ClN3O3S. The standard InChI is InChI=1S/C16H20ClN3O3S/c1-3-4-9-22-15(21)11-24-16-19-18-14(20(16)2)10-23-13-7-5-12(17)6-8-13/h5-8H,3-4,9-11H2,1-2H3. The van der Waals surface area contributed by atoms with Crippen molar-refractivity contribution in [2.24, 2.45) is 7.05 Å². The summed E-state index contributed by atoms with van der Waals surface area (Å²) in [6.07, 6.45) is 1.88. The monoisotopic (exact) mass is 369 g/mol. The van der Waals surface area contributed by atoms with E-state index < -0.39 is 0 Å². The molecule has 0 saturated heterocycles. The number of thioether (sulfide) groups is 1. The molecule has 2 rings (SSSR count). The highest BCUT2D eigenvalue weighted by molar-refractivity contribution is 7.99. The molecule has 0 aliphatic heterocycles. The second-order valence-electron chi connectivity index (χ2n) is 5.06. The summed E-state index contributed by atoms with van der Waals surface area (Å²) >= 11 is 7.13. The van der Waals surface area contributed by atoms with Crippen LogP contribution in [0.4, 0.5) is 0 Å². The first-order valence-electron chi connectivity index (χ1n) is 7.65. The lowest BCUT2D eigenvalue weighted by molar-refractivity contribution is -0.140. The van der Waals surface area contributed by atoms with Crippen LogP contribution < -0.4 is 4.74 Å². The van der Waals surface area contributed by atoms with Crippen molar-refractivity contribution in [3.63, 3.8) is 0 Å². The molecule has 0 spiro atoms. The quantitative estimate of drug-likeness (QED) is 0.383. The van der Waals surface area contributed by atoms with Crippen LogP contribution in [0.2, 0.25) is 5.02 Å². The predicted octanol–water partition coefficient (Wildman–Crippen LogP) is 3.48. The number of ether oxygens (including phenoxy) is 2. The number of halogens is 1. The Bertz CT molecular complexity index is 661. The van der Waals surface area contributed by atoms with E-state index in [1.165, 1.54) is 11.8 Å². The minimum Gasteiger partial charge on any atom is -0.486 e. The minimum atomic E-state index is -0.240. The second-order valence-corrected chi connectivity index (χ2v) is 6.44. The van der Waals surface area contributed by atoms with Gasteiger partial charge in [0.05, 0.1) is 12.4 Å². The van der Waals surface area contributed by atoms with Gasteiger partial charge in [0.2, 0.25) is 0 Å². The van der Waals surface area contributed by atoms with E-state index in [-0.39, 0.29) is 18.3 Å². The third kappa shape index (κ3) is 5.72. The third-order valence-corrected chi connectivity index (χ3v) is 4.43. The van der Waals surface area contributed by atoms with Crippen LogP contribution in [0.25, 0.3) is 0 Å². The number of hydrogen-bond acceptors (Lipinski definition) is 6. The highest BCUT2D eigenvalue weighted by Crippen LogP contribution is 2.19. The topological polar surface area (TPSA) is 66.2 Å². The smallest absolute Gasteiger partial charge is 0.316 e. The molecule has 0 N–H and O–H groups in total. The highest BCUT2D eigenvalue weighted by atomic mass is 35.5. The third-order valence-electron chi connectivity index (χ3n) is 3.19. The zero-order chi connectivity index (χ0) is 17.4. The Balaban J connectivity index is 1.82. The maximum absolute atomic E-state index is 11.6. The maximum Gasteiger partial charge on any atom is 0.316 e. The van der Waals surface area contributed by atoms with Gasteiger partial charge in [-0.3, -0.25) is 4.79 Å². The molecule has 1 aromatic heterocycles. The summed E-state index contributed by atoms with van der Waals surface area (Å²) in [5, 5.41) is 9.48. The molecule has 0 amide bonds. The summed E-state index contributed by atoms with van der Waals surface area (Å²) in [4.78, 5) is 11.6. The number of hydrogen-bond donors (Lipinski definition) is 0. The van der Waals surface area contributed by atoms with E-state index in [2.05, 4.69) is 17.1 Å². The van der Waals surface area contributed by atoms with Crippen molar-refractivity contribution in [1.29, 1.82) is 0 Å². The number of carbonyl (C=O) groups excluding carboxylic acids is 1. The molecule has 2 aromatic rings. The molecule has 6 nitrogen and oxygen atoms in total. The molecule has 0 saturated carbocycles. The van der Waals surface area contributed by atoms with Crippen LogP contribution in [-0.4, -0.2) is 33.1 Å². The van der Waals surface area contributed by atoms with Crippen LogP contribution >= 0.6 is 23.4 Å². The Hall–Kier alpha value is -1.73. The summed E-state index contributed by atoms with van der Waals surface area (Å²) in [5.41, 5.74) is 0. The first-order valence-corrected chi connectivity index (χ1v) is 9.01. The lowest BCUT2D eigenvalue weighted by Gasteiger charge is -2.07. The molecule has 8 heteroatoms. The summed E-state index contributed by atoms with van der Waals surface area (Å²) in [6, 6.07) is 7.11. The fourth-order valence-electron chi connectivity index (χ4n) is 1.77. The average molecular weight is 370 g/mol. The number of unbranched alkanes of at least 4 members (excludes halogenated alkanes) is 1. The Morgan fingerprint density at radius 1 is 1.29 bits per heavy atom. The first kappa shape index (κ1) is 18.6. The zero-order valence-corrected chi connectivity index (χ0v) is 15.3. The summed E-state index contributed by atoms with van der Waals surface area (Å²) in [7, 11) is 1.84. The van der Waals surface area contributed by atoms with E-state index in [1.54, 1.807) is 28.8 Å². The van der Waals surface area contributed by atoms with Crippen molar-refractivity contribution in [2.45, 2.75) is 31.5 Å². The van der Waals surface area contributed by atoms with Crippen LogP contribution in [-0.2, 0) is 23.2 Å². The normalized spacial score (nSPS) is 10.6. The lowest BCUT2D eigenvalue weighted by Crippen LogP contribution is -2.09. The maximum atomic E-state index is 11.6. The van der Waals surface area contributed by atoms with Gasteiger partial charge in [-0.05, 0) is 30.7 Å². The number of benzene rings is 1. The van der Waals surface area contributed by atoms with E-state index in [9.17, 15) is 4.79 Å². The molecule has 0 unspecified atom stereocenters. The molecule has 0 bridgehead atoms. The summed E-state index contributed by atoms with van der Waals surface area (Å²) in [6.45, 7) is 2.80. The van der Waals surface area contributed by atoms with E-state index in [4.69, 9.17) is 21.1 Å². The van der Waals surface area contributed by atoms with Crippen LogP contribution in [0.3, 0.4) is 0 Å². The van der Waals surface area contributed by atoms with Gasteiger partial charge in [0, 0.05) is 12.1 Å². The van der Waals surface area contributed by atoms with E-state index in [0.29, 0.717) is 28.4 Å². The second kappa shape index (κ2) is 9.54. The minimum absolute atomic E-state index is 0.216. The fourth-order valence-corrected chi connectivity index (χ4v) is 2.62. The fraction of sp³-hybridized carbons (Fsp3) is 0.438. The molecule has 0 aliphatic rings. The molecule has 0 fully saturated rings. The lowest BCUT2D eigenvalue weighted by atomic mass is 10.3. The van der Waals surface area contributed by atoms with Gasteiger partial charge < -0.3 is 14.0 Å². The molecule has 0 atom stereocenters. The Morgan fingerprint density at radius 2 is 2.04 bits per heavy atom. The molecule has 0 aliphatic carbocycles. The average Bonchev–Trinajstić information content (AvgIpc) is 2.93. The Labute approximate surface area is 150 Å². The number of aromatic nitrogens is 3. The largest absolute Gasteiger partial charge is 0.486 e. The van der Waals surface area contributed by atoms with Crippen LogP contribution in [0.5, 0.6) is 5.75 Å². The molecule has 0 radical (unpaired) electrons. The van der Waals surface area contributed by atoms with Crippen LogP contribution in [0.1, 0.15) is 25.6 Å². The van der Waals surface area contributed by atoms with Crippen LogP contribution in [0, 0.1) is 0 Å². The van der Waals surface area contributed by atoms with Crippen molar-refractivity contribution in [2.75, 3.05) is 12.4 Å². The molecule has 24 heavy (non-hydrogen) atoms. The van der Waals surface area contributed by atoms with Gasteiger partial charge in [0.15, 0.2) is 11.0 Å². The van der Waals surface area contributed by atoms with Crippen molar-refractivity contribution in [3.8, 4) is 5.75 Å². The number of carbonyl (C=O) groups is 1. The SMILES string of the molecule is CCCCOC(=O)CSc1nnc(COc2ccc(Cl)cc2)n1C. The highest BCUT2D eigenvalue weighted by Gasteiger charge is 2.12. The van der Waals surface area contributed by atoms with Crippen LogP contribution in [0.15, 0.2) is 29.4 Å². The molecule has 1 heterocycles. The van der Waals surface area contributed by atoms with Gasteiger partial charge in [-0.1, -0.05) is 36.7 Å². The van der Waals surface area contributed by atoms with E-state index >= 15 is 0 Å². The predicted molar refractivity (Wildman–Crippen MR) is 93.4 cm³/mol. The van der Waals surface area contributed by atoms with Gasteiger partial charge in [0.25, 0.3) is 0 Å². The van der Waals surface area contributed by atoms with Gasteiger partial charge in [-0.15, -0.1) is 10.2 Å². The number of esters is 1. The van der Waals surface area contributed by atoms with Gasteiger partial charge >= 0.3 is 5.97 Å². The Kier molecular flexibility index (Phi) is 7.39. The number of nitrogens with zero attached hydrogens (tertiary/aromatic N) is 3. The van der Waals surface area contributed by atoms with Crippen molar-refractivity contribution < 1.29 is 14.3 Å². The summed E-state index contributed by atoms with van der Waals surface area (Å²) in [5.74, 6) is 1.35. The zero-order valence-electron chi connectivity index (χ0n) is 13.7. The van der Waals surface area contributed by atoms with Gasteiger partial charge in [0.1, 0.15) is 12.4 Å². The van der Waals surface area contributed by atoms with Crippen molar-refractivity contribution >= 4 is 29.3 Å². The van der Waals surface area contributed by atoms with E-state index in [0.717, 1.165) is 12.8 Å².